The number of allylic oxidation sites excluding steroid dienone is 1. The van der Waals surface area contributed by atoms with E-state index in [-0.39, 0.29) is 17.2 Å². The number of amides is 1. The van der Waals surface area contributed by atoms with Crippen molar-refractivity contribution in [3.63, 3.8) is 0 Å². The predicted octanol–water partition coefficient (Wildman–Crippen LogP) is 4.50. The van der Waals surface area contributed by atoms with Gasteiger partial charge in [-0.1, -0.05) is 40.2 Å². The number of fused-ring (bicyclic) bond motifs is 1. The van der Waals surface area contributed by atoms with Crippen molar-refractivity contribution in [2.45, 2.75) is 19.9 Å². The molecule has 1 amide bonds. The molecule has 30 heavy (non-hydrogen) atoms. The van der Waals surface area contributed by atoms with Gasteiger partial charge >= 0.3 is 5.97 Å². The van der Waals surface area contributed by atoms with E-state index in [0.717, 1.165) is 21.2 Å². The lowest BCUT2D eigenvalue weighted by Gasteiger charge is -2.25. The van der Waals surface area contributed by atoms with Gasteiger partial charge in [0.05, 0.1) is 6.20 Å². The third kappa shape index (κ3) is 3.61. The van der Waals surface area contributed by atoms with Gasteiger partial charge in [0, 0.05) is 10.2 Å². The first-order chi connectivity index (χ1) is 14.3. The maximum Gasteiger partial charge on any atom is 0.352 e. The van der Waals surface area contributed by atoms with Gasteiger partial charge in [-0.25, -0.2) is 9.48 Å². The molecule has 0 saturated carbocycles. The number of hydrogen-bond acceptors (Lipinski definition) is 4. The maximum atomic E-state index is 12.9. The number of rotatable bonds is 4. The Kier molecular flexibility index (Phi) is 5.17. The van der Waals surface area contributed by atoms with Gasteiger partial charge in [-0.2, -0.15) is 5.10 Å². The fourth-order valence-corrected chi connectivity index (χ4v) is 3.86. The van der Waals surface area contributed by atoms with Gasteiger partial charge in [0.1, 0.15) is 23.1 Å². The Bertz CT molecular complexity index is 1200. The summed E-state index contributed by atoms with van der Waals surface area (Å²) in [5.74, 6) is -1.15. The molecule has 3 aromatic rings. The van der Waals surface area contributed by atoms with E-state index in [1.807, 2.05) is 56.3 Å². The van der Waals surface area contributed by atoms with E-state index < -0.39 is 12.0 Å². The van der Waals surface area contributed by atoms with Crippen LogP contribution in [0.4, 0.5) is 11.5 Å². The minimum absolute atomic E-state index is 0.0102. The fraction of sp³-hybridized carbons (Fsp3) is 0.136. The van der Waals surface area contributed by atoms with E-state index in [1.54, 1.807) is 10.8 Å². The maximum absolute atomic E-state index is 12.9. The number of carboxylic acids is 1. The summed E-state index contributed by atoms with van der Waals surface area (Å²) in [6.45, 7) is 3.97. The Hall–Kier alpha value is -3.39. The first-order valence-corrected chi connectivity index (χ1v) is 10.1. The minimum Gasteiger partial charge on any atom is -0.477 e. The Morgan fingerprint density at radius 2 is 1.93 bits per heavy atom. The van der Waals surface area contributed by atoms with Crippen molar-refractivity contribution in [1.82, 2.24) is 9.78 Å². The summed E-state index contributed by atoms with van der Waals surface area (Å²) in [4.78, 5) is 24.7. The molecule has 4 rings (SSSR count). The first-order valence-electron chi connectivity index (χ1n) is 9.28. The van der Waals surface area contributed by atoms with E-state index in [2.05, 4.69) is 31.7 Å². The number of carbonyl (C=O) groups excluding carboxylic acids is 1. The number of aromatic nitrogens is 2. The SMILES string of the molecule is Cc1ccc(NC(=O)c2cnn3c2NC(C(=O)O)=C[C@H]3c2ccccc2Br)cc1C. The van der Waals surface area contributed by atoms with E-state index in [1.165, 1.54) is 6.20 Å². The Labute approximate surface area is 181 Å². The van der Waals surface area contributed by atoms with Crippen LogP contribution in [0, 0.1) is 13.8 Å². The van der Waals surface area contributed by atoms with Crippen LogP contribution in [0.5, 0.6) is 0 Å². The van der Waals surface area contributed by atoms with Crippen LogP contribution < -0.4 is 10.6 Å². The number of nitrogens with zero attached hydrogens (tertiary/aromatic N) is 2. The van der Waals surface area contributed by atoms with E-state index in [4.69, 9.17) is 0 Å². The summed E-state index contributed by atoms with van der Waals surface area (Å²) in [5.41, 5.74) is 3.94. The molecule has 1 aromatic heterocycles. The molecule has 0 fully saturated rings. The molecule has 1 aliphatic heterocycles. The number of hydrogen-bond donors (Lipinski definition) is 3. The number of aryl methyl sites for hydroxylation is 2. The lowest BCUT2D eigenvalue weighted by atomic mass is 10.0. The van der Waals surface area contributed by atoms with Crippen LogP contribution in [0.3, 0.4) is 0 Å². The molecule has 0 bridgehead atoms. The van der Waals surface area contributed by atoms with Gasteiger partial charge in [-0.15, -0.1) is 0 Å². The monoisotopic (exact) mass is 466 g/mol. The molecular formula is C22H19BrN4O3. The van der Waals surface area contributed by atoms with Crippen LogP contribution in [0.25, 0.3) is 0 Å². The molecule has 0 unspecified atom stereocenters. The van der Waals surface area contributed by atoms with Gasteiger partial charge in [-0.3, -0.25) is 4.79 Å². The Morgan fingerprint density at radius 1 is 1.17 bits per heavy atom. The molecule has 0 radical (unpaired) electrons. The fourth-order valence-electron chi connectivity index (χ4n) is 3.34. The Balaban J connectivity index is 1.73. The molecule has 3 N–H and O–H groups in total. The second-order valence-corrected chi connectivity index (χ2v) is 7.94. The summed E-state index contributed by atoms with van der Waals surface area (Å²) < 4.78 is 2.43. The van der Waals surface area contributed by atoms with Crippen molar-refractivity contribution in [2.75, 3.05) is 10.6 Å². The standard InChI is InChI=1S/C22H19BrN4O3/c1-12-7-8-14(9-13(12)2)25-21(28)16-11-24-27-19(15-5-3-4-6-17(15)23)10-18(22(29)30)26-20(16)27/h3-11,19,26H,1-2H3,(H,25,28)(H,29,30)/t19-/m0/s1. The van der Waals surface area contributed by atoms with Gasteiger partial charge in [0.25, 0.3) is 5.91 Å². The number of benzene rings is 2. The minimum atomic E-state index is -1.11. The van der Waals surface area contributed by atoms with Gasteiger partial charge in [-0.05, 0) is 54.8 Å². The van der Waals surface area contributed by atoms with Gasteiger partial charge < -0.3 is 15.7 Å². The van der Waals surface area contributed by atoms with Crippen molar-refractivity contribution >= 4 is 39.3 Å². The highest BCUT2D eigenvalue weighted by Gasteiger charge is 2.30. The van der Waals surface area contributed by atoms with E-state index in [0.29, 0.717) is 11.5 Å². The lowest BCUT2D eigenvalue weighted by Crippen LogP contribution is -2.25. The molecule has 1 atom stereocenters. The number of aliphatic carboxylic acids is 1. The van der Waals surface area contributed by atoms with Crippen LogP contribution in [-0.4, -0.2) is 26.8 Å². The van der Waals surface area contributed by atoms with Crippen LogP contribution in [-0.2, 0) is 4.79 Å². The van der Waals surface area contributed by atoms with Gasteiger partial charge in [0.2, 0.25) is 0 Å². The third-order valence-electron chi connectivity index (χ3n) is 5.10. The summed E-state index contributed by atoms with van der Waals surface area (Å²) in [5, 5.41) is 19.7. The average molecular weight is 467 g/mol. The van der Waals surface area contributed by atoms with Crippen molar-refractivity contribution in [2.24, 2.45) is 0 Å². The predicted molar refractivity (Wildman–Crippen MR) is 118 cm³/mol. The highest BCUT2D eigenvalue weighted by atomic mass is 79.9. The molecule has 0 saturated heterocycles. The molecule has 1 aliphatic rings. The van der Waals surface area contributed by atoms with Gasteiger partial charge in [0.15, 0.2) is 0 Å². The molecule has 2 heterocycles. The van der Waals surface area contributed by atoms with Crippen molar-refractivity contribution in [3.8, 4) is 0 Å². The zero-order chi connectivity index (χ0) is 21.4. The number of carboxylic acid groups (broad SMARTS) is 1. The molecule has 152 valence electrons. The Morgan fingerprint density at radius 3 is 2.63 bits per heavy atom. The topological polar surface area (TPSA) is 96.3 Å². The largest absolute Gasteiger partial charge is 0.477 e. The molecule has 7 nitrogen and oxygen atoms in total. The first kappa shape index (κ1) is 19.9. The van der Waals surface area contributed by atoms with Crippen molar-refractivity contribution in [1.29, 1.82) is 0 Å². The summed E-state index contributed by atoms with van der Waals surface area (Å²) in [6, 6.07) is 12.7. The number of anilines is 2. The molecular weight excluding hydrogens is 448 g/mol. The highest BCUT2D eigenvalue weighted by Crippen LogP contribution is 2.35. The quantitative estimate of drug-likeness (QED) is 0.525. The van der Waals surface area contributed by atoms with E-state index >= 15 is 0 Å². The number of nitrogens with one attached hydrogen (secondary N) is 2. The van der Waals surface area contributed by atoms with Crippen molar-refractivity contribution < 1.29 is 14.7 Å². The molecule has 0 aliphatic carbocycles. The molecule has 2 aromatic carbocycles. The second kappa shape index (κ2) is 7.79. The van der Waals surface area contributed by atoms with Crippen LogP contribution >= 0.6 is 15.9 Å². The van der Waals surface area contributed by atoms with E-state index in [9.17, 15) is 14.7 Å². The van der Waals surface area contributed by atoms with Crippen LogP contribution in [0.1, 0.15) is 33.1 Å². The lowest BCUT2D eigenvalue weighted by molar-refractivity contribution is -0.132. The summed E-state index contributed by atoms with van der Waals surface area (Å²) >= 11 is 3.52. The average Bonchev–Trinajstić information content (AvgIpc) is 3.15. The normalized spacial score (nSPS) is 15.0. The summed E-state index contributed by atoms with van der Waals surface area (Å²) in [6.07, 6.45) is 3.02. The highest BCUT2D eigenvalue weighted by molar-refractivity contribution is 9.10. The third-order valence-corrected chi connectivity index (χ3v) is 5.82. The number of carbonyl (C=O) groups is 2. The number of halogens is 1. The zero-order valence-corrected chi connectivity index (χ0v) is 17.9. The molecule has 0 spiro atoms. The second-order valence-electron chi connectivity index (χ2n) is 7.08. The van der Waals surface area contributed by atoms with Crippen LogP contribution in [0.2, 0.25) is 0 Å². The van der Waals surface area contributed by atoms with Crippen LogP contribution in [0.15, 0.2) is 64.9 Å². The summed E-state index contributed by atoms with van der Waals surface area (Å²) in [7, 11) is 0. The van der Waals surface area contributed by atoms with Crippen molar-refractivity contribution in [3.05, 3.63) is 87.2 Å². The smallest absolute Gasteiger partial charge is 0.352 e. The zero-order valence-electron chi connectivity index (χ0n) is 16.3. The molecule has 8 heteroatoms.